The van der Waals surface area contributed by atoms with Gasteiger partial charge in [0.2, 0.25) is 5.91 Å². The maximum absolute atomic E-state index is 11.1. The van der Waals surface area contributed by atoms with E-state index in [9.17, 15) is 4.79 Å². The Morgan fingerprint density at radius 2 is 2.33 bits per heavy atom. The molecular weight excluding hydrogens is 228 g/mol. The molecule has 0 fully saturated rings. The van der Waals surface area contributed by atoms with Crippen LogP contribution < -0.4 is 10.1 Å². The molecule has 18 heavy (non-hydrogen) atoms. The molecule has 0 aromatic heterocycles. The SMILES string of the molecule is CCCCOc1cccc(CNC(=O)CC#N)c1. The van der Waals surface area contributed by atoms with E-state index in [2.05, 4.69) is 12.2 Å². The molecule has 0 bridgehead atoms. The predicted molar refractivity (Wildman–Crippen MR) is 68.9 cm³/mol. The molecule has 1 aromatic rings. The summed E-state index contributed by atoms with van der Waals surface area (Å²) in [6.07, 6.45) is 2.03. The van der Waals surface area contributed by atoms with Crippen LogP contribution in [-0.2, 0) is 11.3 Å². The minimum Gasteiger partial charge on any atom is -0.494 e. The number of benzene rings is 1. The van der Waals surface area contributed by atoms with Gasteiger partial charge in [-0.25, -0.2) is 0 Å². The van der Waals surface area contributed by atoms with Crippen molar-refractivity contribution in [3.8, 4) is 11.8 Å². The molecule has 96 valence electrons. The smallest absolute Gasteiger partial charge is 0.234 e. The van der Waals surface area contributed by atoms with Crippen molar-refractivity contribution < 1.29 is 9.53 Å². The zero-order chi connectivity index (χ0) is 13.2. The first kappa shape index (κ1) is 14.0. The maximum Gasteiger partial charge on any atom is 0.234 e. The number of ether oxygens (including phenoxy) is 1. The molecule has 0 aliphatic rings. The van der Waals surface area contributed by atoms with Gasteiger partial charge in [-0.1, -0.05) is 25.5 Å². The van der Waals surface area contributed by atoms with Crippen molar-refractivity contribution in [3.63, 3.8) is 0 Å². The van der Waals surface area contributed by atoms with Crippen molar-refractivity contribution in [2.24, 2.45) is 0 Å². The summed E-state index contributed by atoms with van der Waals surface area (Å²) in [7, 11) is 0. The molecule has 1 amide bonds. The normalized spacial score (nSPS) is 9.56. The highest BCUT2D eigenvalue weighted by Crippen LogP contribution is 2.13. The molecule has 0 heterocycles. The van der Waals surface area contributed by atoms with Gasteiger partial charge in [0.1, 0.15) is 12.2 Å². The van der Waals surface area contributed by atoms with Crippen LogP contribution in [0.4, 0.5) is 0 Å². The lowest BCUT2D eigenvalue weighted by molar-refractivity contribution is -0.120. The third-order valence-electron chi connectivity index (χ3n) is 2.39. The molecule has 0 saturated heterocycles. The standard InChI is InChI=1S/C14H18N2O2/c1-2-3-9-18-13-6-4-5-12(10-13)11-16-14(17)7-8-15/h4-6,10H,2-3,7,9,11H2,1H3,(H,16,17). The third kappa shape index (κ3) is 5.35. The minimum absolute atomic E-state index is 0.104. The Bertz CT molecular complexity index is 424. The lowest BCUT2D eigenvalue weighted by atomic mass is 10.2. The van der Waals surface area contributed by atoms with Crippen molar-refractivity contribution in [2.45, 2.75) is 32.7 Å². The fourth-order valence-corrected chi connectivity index (χ4v) is 1.41. The van der Waals surface area contributed by atoms with Gasteiger partial charge in [-0.05, 0) is 24.1 Å². The van der Waals surface area contributed by atoms with Crippen LogP contribution >= 0.6 is 0 Å². The van der Waals surface area contributed by atoms with Crippen LogP contribution in [0.5, 0.6) is 5.75 Å². The molecule has 0 aliphatic carbocycles. The van der Waals surface area contributed by atoms with E-state index in [1.54, 1.807) is 0 Å². The molecule has 0 unspecified atom stereocenters. The summed E-state index contributed by atoms with van der Waals surface area (Å²) >= 11 is 0. The maximum atomic E-state index is 11.1. The van der Waals surface area contributed by atoms with Crippen LogP contribution in [0.2, 0.25) is 0 Å². The first-order valence-corrected chi connectivity index (χ1v) is 6.11. The third-order valence-corrected chi connectivity index (χ3v) is 2.39. The summed E-state index contributed by atoms with van der Waals surface area (Å²) in [5, 5.41) is 11.0. The van der Waals surface area contributed by atoms with Crippen LogP contribution in [0.15, 0.2) is 24.3 Å². The highest BCUT2D eigenvalue weighted by atomic mass is 16.5. The van der Waals surface area contributed by atoms with Gasteiger partial charge in [0.25, 0.3) is 0 Å². The number of nitrogens with zero attached hydrogens (tertiary/aromatic N) is 1. The Kier molecular flexibility index (Phi) is 6.34. The Morgan fingerprint density at radius 3 is 3.06 bits per heavy atom. The van der Waals surface area contributed by atoms with Gasteiger partial charge in [0, 0.05) is 6.54 Å². The number of nitriles is 1. The van der Waals surface area contributed by atoms with Crippen molar-refractivity contribution >= 4 is 5.91 Å². The van der Waals surface area contributed by atoms with Crippen LogP contribution in [-0.4, -0.2) is 12.5 Å². The summed E-state index contributed by atoms with van der Waals surface area (Å²) < 4.78 is 5.58. The quantitative estimate of drug-likeness (QED) is 0.751. The number of amides is 1. The predicted octanol–water partition coefficient (Wildman–Crippen LogP) is 2.40. The number of carbonyl (C=O) groups is 1. The Labute approximate surface area is 108 Å². The molecule has 0 saturated carbocycles. The summed E-state index contributed by atoms with van der Waals surface area (Å²) in [5.74, 6) is 0.560. The number of hydrogen-bond acceptors (Lipinski definition) is 3. The molecule has 0 radical (unpaired) electrons. The second-order valence-electron chi connectivity index (χ2n) is 3.96. The Morgan fingerprint density at radius 1 is 1.50 bits per heavy atom. The lowest BCUT2D eigenvalue weighted by Gasteiger charge is -2.08. The van der Waals surface area contributed by atoms with Crippen molar-refractivity contribution in [2.75, 3.05) is 6.61 Å². The van der Waals surface area contributed by atoms with Crippen molar-refractivity contribution in [1.29, 1.82) is 5.26 Å². The van der Waals surface area contributed by atoms with Gasteiger partial charge < -0.3 is 10.1 Å². The number of rotatable bonds is 7. The number of unbranched alkanes of at least 4 members (excludes halogenated alkanes) is 1. The second-order valence-corrected chi connectivity index (χ2v) is 3.96. The molecule has 4 nitrogen and oxygen atoms in total. The molecule has 0 spiro atoms. The van der Waals surface area contributed by atoms with E-state index < -0.39 is 0 Å². The van der Waals surface area contributed by atoms with E-state index in [4.69, 9.17) is 10.00 Å². The fraction of sp³-hybridized carbons (Fsp3) is 0.429. The number of carbonyl (C=O) groups excluding carboxylic acids is 1. The minimum atomic E-state index is -0.255. The van der Waals surface area contributed by atoms with E-state index in [1.165, 1.54) is 0 Å². The first-order valence-electron chi connectivity index (χ1n) is 6.11. The molecule has 0 aliphatic heterocycles. The van der Waals surface area contributed by atoms with Gasteiger partial charge in [0.05, 0.1) is 12.7 Å². The van der Waals surface area contributed by atoms with E-state index >= 15 is 0 Å². The molecule has 1 N–H and O–H groups in total. The van der Waals surface area contributed by atoms with Gasteiger partial charge in [-0.15, -0.1) is 0 Å². The van der Waals surface area contributed by atoms with Crippen molar-refractivity contribution in [1.82, 2.24) is 5.32 Å². The number of hydrogen-bond donors (Lipinski definition) is 1. The van der Waals surface area contributed by atoms with Crippen LogP contribution in [0.1, 0.15) is 31.7 Å². The highest BCUT2D eigenvalue weighted by molar-refractivity contribution is 5.77. The highest BCUT2D eigenvalue weighted by Gasteiger charge is 2.01. The van der Waals surface area contributed by atoms with E-state index in [0.29, 0.717) is 13.2 Å². The summed E-state index contributed by atoms with van der Waals surface area (Å²) in [4.78, 5) is 11.1. The monoisotopic (exact) mass is 246 g/mol. The molecular formula is C14H18N2O2. The fourth-order valence-electron chi connectivity index (χ4n) is 1.41. The van der Waals surface area contributed by atoms with Crippen LogP contribution in [0, 0.1) is 11.3 Å². The summed E-state index contributed by atoms with van der Waals surface area (Å²) in [6, 6.07) is 9.43. The van der Waals surface area contributed by atoms with Crippen LogP contribution in [0.3, 0.4) is 0 Å². The van der Waals surface area contributed by atoms with Crippen molar-refractivity contribution in [3.05, 3.63) is 29.8 Å². The number of nitrogens with one attached hydrogen (secondary N) is 1. The average Bonchev–Trinajstić information content (AvgIpc) is 2.38. The van der Waals surface area contributed by atoms with Gasteiger partial charge in [-0.2, -0.15) is 5.26 Å². The molecule has 4 heteroatoms. The lowest BCUT2D eigenvalue weighted by Crippen LogP contribution is -2.21. The Balaban J connectivity index is 2.44. The zero-order valence-electron chi connectivity index (χ0n) is 10.6. The molecule has 0 atom stereocenters. The van der Waals surface area contributed by atoms with Gasteiger partial charge >= 0.3 is 0 Å². The molecule has 1 aromatic carbocycles. The summed E-state index contributed by atoms with van der Waals surface area (Å²) in [5.41, 5.74) is 0.968. The van der Waals surface area contributed by atoms with E-state index in [-0.39, 0.29) is 12.3 Å². The first-order chi connectivity index (χ1) is 8.76. The molecule has 1 rings (SSSR count). The zero-order valence-corrected chi connectivity index (χ0v) is 10.6. The largest absolute Gasteiger partial charge is 0.494 e. The van der Waals surface area contributed by atoms with Crippen LogP contribution in [0.25, 0.3) is 0 Å². The second kappa shape index (κ2) is 8.13. The van der Waals surface area contributed by atoms with E-state index in [0.717, 1.165) is 24.2 Å². The topological polar surface area (TPSA) is 62.1 Å². The summed E-state index contributed by atoms with van der Waals surface area (Å²) in [6.45, 7) is 3.25. The Hall–Kier alpha value is -2.02. The van der Waals surface area contributed by atoms with E-state index in [1.807, 2.05) is 30.3 Å². The average molecular weight is 246 g/mol. The van der Waals surface area contributed by atoms with Gasteiger partial charge in [0.15, 0.2) is 0 Å². The van der Waals surface area contributed by atoms with Gasteiger partial charge in [-0.3, -0.25) is 4.79 Å².